The van der Waals surface area contributed by atoms with Crippen molar-refractivity contribution in [3.05, 3.63) is 95.8 Å². The van der Waals surface area contributed by atoms with Gasteiger partial charge in [0.2, 0.25) is 0 Å². The third-order valence-electron chi connectivity index (χ3n) is 5.44. The molecule has 0 radical (unpaired) electrons. The monoisotopic (exact) mass is 425 g/mol. The summed E-state index contributed by atoms with van der Waals surface area (Å²) < 4.78 is 15.6. The van der Waals surface area contributed by atoms with Crippen LogP contribution in [-0.2, 0) is 0 Å². The number of nitrogens with two attached hydrogens (primary N) is 1. The predicted molar refractivity (Wildman–Crippen MR) is 123 cm³/mol. The highest BCUT2D eigenvalue weighted by Crippen LogP contribution is 2.31. The molecule has 2 heterocycles. The Bertz CT molecular complexity index is 1460. The lowest BCUT2D eigenvalue weighted by molar-refractivity contribution is 0.0942. The second-order valence-corrected chi connectivity index (χ2v) is 7.57. The maximum absolute atomic E-state index is 14.0. The van der Waals surface area contributed by atoms with Crippen molar-refractivity contribution in [2.75, 3.05) is 5.73 Å². The number of amides is 1. The minimum Gasteiger partial charge on any atom is -0.384 e. The van der Waals surface area contributed by atoms with Crippen molar-refractivity contribution in [3.8, 4) is 5.69 Å². The number of halogens is 1. The highest BCUT2D eigenvalue weighted by molar-refractivity contribution is 6.11. The fourth-order valence-electron chi connectivity index (χ4n) is 3.86. The van der Waals surface area contributed by atoms with Crippen LogP contribution in [0.4, 0.5) is 10.2 Å². The van der Waals surface area contributed by atoms with E-state index >= 15 is 0 Å². The van der Waals surface area contributed by atoms with Gasteiger partial charge >= 0.3 is 0 Å². The molecule has 6 nitrogen and oxygen atoms in total. The van der Waals surface area contributed by atoms with E-state index in [1.54, 1.807) is 16.7 Å². The lowest BCUT2D eigenvalue weighted by atomic mass is 10.1. The van der Waals surface area contributed by atoms with Gasteiger partial charge < -0.3 is 11.1 Å². The quantitative estimate of drug-likeness (QED) is 0.434. The fraction of sp³-hybridized carbons (Fsp3) is 0.0800. The number of nitrogens with zero attached hydrogens (tertiary/aromatic N) is 3. The molecule has 0 saturated heterocycles. The number of carbonyl (C=O) groups excluding carboxylic acids is 1. The Hall–Kier alpha value is -4.26. The highest BCUT2D eigenvalue weighted by atomic mass is 19.1. The number of hydrogen-bond acceptors (Lipinski definition) is 4. The first-order chi connectivity index (χ1) is 15.5. The van der Waals surface area contributed by atoms with Gasteiger partial charge in [0, 0.05) is 0 Å². The molecule has 0 aliphatic heterocycles. The number of anilines is 1. The van der Waals surface area contributed by atoms with Crippen LogP contribution in [0.5, 0.6) is 0 Å². The summed E-state index contributed by atoms with van der Waals surface area (Å²) in [6, 6.07) is 22.8. The molecular weight excluding hydrogens is 405 g/mol. The summed E-state index contributed by atoms with van der Waals surface area (Å²) in [5, 5.41) is 3.00. The van der Waals surface area contributed by atoms with Crippen molar-refractivity contribution in [1.29, 1.82) is 0 Å². The second kappa shape index (κ2) is 7.77. The molecule has 0 spiro atoms. The van der Waals surface area contributed by atoms with Gasteiger partial charge in [-0.15, -0.1) is 0 Å². The lowest BCUT2D eigenvalue weighted by Crippen LogP contribution is -2.27. The Morgan fingerprint density at radius 1 is 0.969 bits per heavy atom. The molecule has 0 unspecified atom stereocenters. The average molecular weight is 425 g/mol. The maximum Gasteiger partial charge on any atom is 0.257 e. The van der Waals surface area contributed by atoms with Gasteiger partial charge in [-0.1, -0.05) is 48.5 Å². The number of carbonyl (C=O) groups is 1. The van der Waals surface area contributed by atoms with Gasteiger partial charge in [-0.3, -0.25) is 9.36 Å². The zero-order valence-corrected chi connectivity index (χ0v) is 17.3. The molecule has 0 fully saturated rings. The minimum atomic E-state index is -0.416. The summed E-state index contributed by atoms with van der Waals surface area (Å²) in [5.41, 5.74) is 10.2. The van der Waals surface area contributed by atoms with Crippen LogP contribution < -0.4 is 11.1 Å². The molecule has 0 aliphatic rings. The van der Waals surface area contributed by atoms with Crippen molar-refractivity contribution in [1.82, 2.24) is 19.9 Å². The van der Waals surface area contributed by atoms with Crippen LogP contribution >= 0.6 is 0 Å². The van der Waals surface area contributed by atoms with Gasteiger partial charge in [-0.2, -0.15) is 0 Å². The Balaban J connectivity index is 1.70. The van der Waals surface area contributed by atoms with E-state index in [2.05, 4.69) is 5.32 Å². The van der Waals surface area contributed by atoms with Crippen molar-refractivity contribution < 1.29 is 9.18 Å². The molecule has 1 amide bonds. The van der Waals surface area contributed by atoms with Crippen LogP contribution in [0.2, 0.25) is 0 Å². The molecule has 5 rings (SSSR count). The normalized spacial score (nSPS) is 12.2. The molecule has 2 aromatic heterocycles. The van der Waals surface area contributed by atoms with Crippen LogP contribution in [0.3, 0.4) is 0 Å². The molecule has 0 aliphatic carbocycles. The first-order valence-corrected chi connectivity index (χ1v) is 10.2. The zero-order chi connectivity index (χ0) is 22.2. The third kappa shape index (κ3) is 3.33. The number of para-hydroxylation sites is 2. The summed E-state index contributed by atoms with van der Waals surface area (Å²) in [4.78, 5) is 22.8. The smallest absolute Gasteiger partial charge is 0.257 e. The molecule has 1 atom stereocenters. The number of nitrogens with one attached hydrogen (secondary N) is 1. The van der Waals surface area contributed by atoms with Gasteiger partial charge in [0.1, 0.15) is 22.7 Å². The molecule has 3 N–H and O–H groups in total. The van der Waals surface area contributed by atoms with Crippen molar-refractivity contribution in [3.63, 3.8) is 0 Å². The number of fused-ring (bicyclic) bond motifs is 2. The van der Waals surface area contributed by atoms with Gasteiger partial charge in [0.15, 0.2) is 5.65 Å². The Labute approximate surface area is 183 Å². The Morgan fingerprint density at radius 2 is 1.66 bits per heavy atom. The van der Waals surface area contributed by atoms with Gasteiger partial charge in [0.05, 0.1) is 22.8 Å². The van der Waals surface area contributed by atoms with Gasteiger partial charge in [-0.05, 0) is 42.8 Å². The number of aromatic nitrogens is 3. The second-order valence-electron chi connectivity index (χ2n) is 7.57. The Morgan fingerprint density at radius 3 is 2.38 bits per heavy atom. The van der Waals surface area contributed by atoms with Crippen LogP contribution in [0, 0.1) is 5.82 Å². The largest absolute Gasteiger partial charge is 0.384 e. The summed E-state index contributed by atoms with van der Waals surface area (Å²) in [5.74, 6) is -0.636. The van der Waals surface area contributed by atoms with E-state index in [1.807, 2.05) is 61.5 Å². The molecule has 7 heteroatoms. The molecule has 3 aromatic carbocycles. The van der Waals surface area contributed by atoms with E-state index in [-0.39, 0.29) is 23.3 Å². The van der Waals surface area contributed by atoms with Crippen LogP contribution in [0.15, 0.2) is 78.9 Å². The summed E-state index contributed by atoms with van der Waals surface area (Å²) in [6.45, 7) is 1.90. The fourth-order valence-corrected chi connectivity index (χ4v) is 3.86. The van der Waals surface area contributed by atoms with Crippen LogP contribution in [-0.4, -0.2) is 20.4 Å². The molecule has 0 saturated carbocycles. The first kappa shape index (κ1) is 19.7. The Kier molecular flexibility index (Phi) is 4.78. The number of benzene rings is 3. The lowest BCUT2D eigenvalue weighted by Gasteiger charge is -2.14. The van der Waals surface area contributed by atoms with Crippen molar-refractivity contribution in [2.24, 2.45) is 0 Å². The molecule has 158 valence electrons. The van der Waals surface area contributed by atoms with E-state index in [4.69, 9.17) is 15.7 Å². The topological polar surface area (TPSA) is 85.8 Å². The molecule has 5 aromatic rings. The molecule has 0 bridgehead atoms. The van der Waals surface area contributed by atoms with Crippen molar-refractivity contribution >= 4 is 33.9 Å². The van der Waals surface area contributed by atoms with Crippen LogP contribution in [0.25, 0.3) is 27.9 Å². The zero-order valence-electron chi connectivity index (χ0n) is 17.3. The summed E-state index contributed by atoms with van der Waals surface area (Å²) >= 11 is 0. The van der Waals surface area contributed by atoms with Crippen molar-refractivity contribution in [2.45, 2.75) is 13.0 Å². The van der Waals surface area contributed by atoms with E-state index < -0.39 is 5.82 Å². The maximum atomic E-state index is 14.0. The van der Waals surface area contributed by atoms with Gasteiger partial charge in [-0.25, -0.2) is 14.4 Å². The molecule has 32 heavy (non-hydrogen) atoms. The summed E-state index contributed by atoms with van der Waals surface area (Å²) in [6.07, 6.45) is 0. The van der Waals surface area contributed by atoms with E-state index in [9.17, 15) is 9.18 Å². The number of rotatable bonds is 4. The number of nitrogen functional groups attached to an aromatic ring is 1. The number of hydrogen-bond donors (Lipinski definition) is 2. The third-order valence-corrected chi connectivity index (χ3v) is 5.44. The standard InChI is InChI=1S/C25H20FN5O/c1-15(16-8-3-2-4-9-16)28-25(32)21-22-24(30-20-13-6-5-12-19(20)29-22)31(23(21)27)18-11-7-10-17(26)14-18/h2-15H,27H2,1H3,(H,28,32)/t15-/m0/s1. The van der Waals surface area contributed by atoms with E-state index in [1.165, 1.54) is 12.1 Å². The van der Waals surface area contributed by atoms with Gasteiger partial charge in [0.25, 0.3) is 5.91 Å². The highest BCUT2D eigenvalue weighted by Gasteiger charge is 2.26. The molecular formula is C25H20FN5O. The predicted octanol–water partition coefficient (Wildman–Crippen LogP) is 4.79. The van der Waals surface area contributed by atoms with Crippen LogP contribution in [0.1, 0.15) is 28.9 Å². The van der Waals surface area contributed by atoms with E-state index in [0.29, 0.717) is 27.9 Å². The van der Waals surface area contributed by atoms with E-state index in [0.717, 1.165) is 5.56 Å². The first-order valence-electron chi connectivity index (χ1n) is 10.2. The SMILES string of the molecule is C[C@H](NC(=O)c1c(N)n(-c2cccc(F)c2)c2nc3ccccc3nc12)c1ccccc1. The minimum absolute atomic E-state index is 0.152. The average Bonchev–Trinajstić information content (AvgIpc) is 3.08. The summed E-state index contributed by atoms with van der Waals surface area (Å²) in [7, 11) is 0.